The minimum Gasteiger partial charge on any atom is -0.497 e. The molecule has 0 aliphatic heterocycles. The van der Waals surface area contributed by atoms with Crippen molar-refractivity contribution in [1.82, 2.24) is 9.38 Å². The second kappa shape index (κ2) is 7.55. The maximum Gasteiger partial charge on any atom is 0.170 e. The zero-order valence-corrected chi connectivity index (χ0v) is 14.9. The quantitative estimate of drug-likeness (QED) is 0.539. The van der Waals surface area contributed by atoms with Gasteiger partial charge >= 0.3 is 0 Å². The van der Waals surface area contributed by atoms with Crippen LogP contribution < -0.4 is 15.4 Å². The van der Waals surface area contributed by atoms with E-state index in [0.29, 0.717) is 5.11 Å². The van der Waals surface area contributed by atoms with Crippen LogP contribution in [-0.4, -0.2) is 33.9 Å². The molecule has 124 valence electrons. The predicted molar refractivity (Wildman–Crippen MR) is 103 cm³/mol. The van der Waals surface area contributed by atoms with Crippen molar-refractivity contribution in [3.8, 4) is 5.75 Å². The minimum atomic E-state index is 0.363. The van der Waals surface area contributed by atoms with Gasteiger partial charge in [0.05, 0.1) is 12.1 Å². The van der Waals surface area contributed by atoms with Gasteiger partial charge in [-0.15, -0.1) is 11.8 Å². The Balaban J connectivity index is 1.68. The Hall–Kier alpha value is -2.25. The summed E-state index contributed by atoms with van der Waals surface area (Å²) in [6.45, 7) is 0.720. The summed E-state index contributed by atoms with van der Waals surface area (Å²) in [5.41, 5.74) is 7.80. The summed E-state index contributed by atoms with van der Waals surface area (Å²) < 4.78 is 7.26. The van der Waals surface area contributed by atoms with E-state index >= 15 is 0 Å². The molecule has 24 heavy (non-hydrogen) atoms. The van der Waals surface area contributed by atoms with Gasteiger partial charge in [-0.2, -0.15) is 0 Å². The highest BCUT2D eigenvalue weighted by atomic mass is 32.2. The van der Waals surface area contributed by atoms with Crippen LogP contribution in [0.2, 0.25) is 0 Å². The monoisotopic (exact) mass is 358 g/mol. The number of fused-ring (bicyclic) bond motifs is 1. The van der Waals surface area contributed by atoms with E-state index in [-0.39, 0.29) is 0 Å². The summed E-state index contributed by atoms with van der Waals surface area (Å²) in [5.74, 6) is 1.66. The van der Waals surface area contributed by atoms with Gasteiger partial charge in [0.2, 0.25) is 0 Å². The van der Waals surface area contributed by atoms with Gasteiger partial charge in [-0.05, 0) is 48.6 Å². The minimum absolute atomic E-state index is 0.363. The summed E-state index contributed by atoms with van der Waals surface area (Å²) in [7, 11) is 1.65. The van der Waals surface area contributed by atoms with E-state index in [1.807, 2.05) is 47.5 Å². The summed E-state index contributed by atoms with van der Waals surface area (Å²) in [6.07, 6.45) is 3.77. The van der Waals surface area contributed by atoms with Gasteiger partial charge in [-0.3, -0.25) is 4.40 Å². The van der Waals surface area contributed by atoms with Crippen LogP contribution in [-0.2, 0) is 0 Å². The lowest BCUT2D eigenvalue weighted by Crippen LogP contribution is -2.37. The maximum atomic E-state index is 5.89. The number of nitrogens with two attached hydrogens (primary N) is 1. The molecule has 0 radical (unpaired) electrons. The number of hydrogen-bond donors (Lipinski definition) is 1. The summed E-state index contributed by atoms with van der Waals surface area (Å²) in [4.78, 5) is 6.23. The van der Waals surface area contributed by atoms with Crippen LogP contribution in [0.4, 0.5) is 5.69 Å². The van der Waals surface area contributed by atoms with Crippen LogP contribution in [0.3, 0.4) is 0 Å². The number of aromatic nitrogens is 2. The molecular weight excluding hydrogens is 340 g/mol. The highest BCUT2D eigenvalue weighted by Crippen LogP contribution is 2.22. The lowest BCUT2D eigenvalue weighted by atomic mass is 10.3. The molecule has 0 bridgehead atoms. The number of ether oxygens (including phenoxy) is 1. The van der Waals surface area contributed by atoms with Crippen LogP contribution in [0, 0.1) is 0 Å². The van der Waals surface area contributed by atoms with Crippen LogP contribution in [0.25, 0.3) is 5.65 Å². The fourth-order valence-corrected chi connectivity index (χ4v) is 3.56. The highest BCUT2D eigenvalue weighted by Gasteiger charge is 2.10. The van der Waals surface area contributed by atoms with Crippen LogP contribution in [0.1, 0.15) is 0 Å². The molecule has 2 heterocycles. The molecule has 0 amide bonds. The molecule has 0 spiro atoms. The van der Waals surface area contributed by atoms with Gasteiger partial charge in [0.1, 0.15) is 11.4 Å². The molecule has 0 saturated carbocycles. The molecular formula is C17H18N4OS2. The lowest BCUT2D eigenvalue weighted by molar-refractivity contribution is 0.415. The fraction of sp³-hybridized carbons (Fsp3) is 0.176. The summed E-state index contributed by atoms with van der Waals surface area (Å²) in [5, 5.41) is 1.50. The Morgan fingerprint density at radius 1 is 1.29 bits per heavy atom. The van der Waals surface area contributed by atoms with Crippen molar-refractivity contribution in [3.63, 3.8) is 0 Å². The van der Waals surface area contributed by atoms with E-state index in [0.717, 1.165) is 34.4 Å². The third kappa shape index (κ3) is 3.63. The molecule has 5 nitrogen and oxygen atoms in total. The normalized spacial score (nSPS) is 10.7. The molecule has 3 rings (SSSR count). The van der Waals surface area contributed by atoms with E-state index < -0.39 is 0 Å². The molecule has 2 aromatic heterocycles. The SMILES string of the molecule is COc1ccc(N(CCSc2cccc3nccn23)C(N)=S)cc1. The van der Waals surface area contributed by atoms with Crippen LogP contribution in [0.5, 0.6) is 5.75 Å². The number of methoxy groups -OCH3 is 1. The van der Waals surface area contributed by atoms with Crippen molar-refractivity contribution < 1.29 is 4.74 Å². The van der Waals surface area contributed by atoms with Crippen molar-refractivity contribution in [1.29, 1.82) is 0 Å². The number of thiocarbonyl (C=S) groups is 1. The van der Waals surface area contributed by atoms with Gasteiger partial charge < -0.3 is 15.4 Å². The van der Waals surface area contributed by atoms with Crippen LogP contribution >= 0.6 is 24.0 Å². The van der Waals surface area contributed by atoms with E-state index in [1.54, 1.807) is 25.1 Å². The van der Waals surface area contributed by atoms with Crippen molar-refractivity contribution >= 4 is 40.4 Å². The Morgan fingerprint density at radius 3 is 2.79 bits per heavy atom. The van der Waals surface area contributed by atoms with Gasteiger partial charge in [-0.1, -0.05) is 6.07 Å². The first-order chi connectivity index (χ1) is 11.7. The van der Waals surface area contributed by atoms with Gasteiger partial charge in [0, 0.05) is 30.4 Å². The number of anilines is 1. The standard InChI is InChI=1S/C17H18N4OS2/c1-22-14-7-5-13(6-8-14)20(17(18)23)11-12-24-16-4-2-3-15-19-9-10-21(15)16/h2-10H,11-12H2,1H3,(H2,18,23). The van der Waals surface area contributed by atoms with Gasteiger partial charge in [0.15, 0.2) is 5.11 Å². The number of rotatable bonds is 6. The first-order valence-electron chi connectivity index (χ1n) is 7.45. The van der Waals surface area contributed by atoms with E-state index in [1.165, 1.54) is 0 Å². The van der Waals surface area contributed by atoms with E-state index in [2.05, 4.69) is 15.5 Å². The number of imidazole rings is 1. The van der Waals surface area contributed by atoms with Crippen molar-refractivity contribution in [2.24, 2.45) is 5.73 Å². The topological polar surface area (TPSA) is 55.8 Å². The molecule has 0 aliphatic carbocycles. The molecule has 0 fully saturated rings. The number of pyridine rings is 1. The number of thioether (sulfide) groups is 1. The van der Waals surface area contributed by atoms with Crippen LogP contribution in [0.15, 0.2) is 59.9 Å². The Morgan fingerprint density at radius 2 is 2.08 bits per heavy atom. The maximum absolute atomic E-state index is 5.89. The largest absolute Gasteiger partial charge is 0.497 e. The molecule has 0 saturated heterocycles. The van der Waals surface area contributed by atoms with Crippen molar-refractivity contribution in [3.05, 3.63) is 54.9 Å². The van der Waals surface area contributed by atoms with E-state index in [4.69, 9.17) is 22.7 Å². The molecule has 2 N–H and O–H groups in total. The molecule has 3 aromatic rings. The third-order valence-corrected chi connectivity index (χ3v) is 4.84. The number of hydrogen-bond acceptors (Lipinski definition) is 4. The zero-order valence-electron chi connectivity index (χ0n) is 13.3. The molecule has 1 aromatic carbocycles. The highest BCUT2D eigenvalue weighted by molar-refractivity contribution is 7.99. The average Bonchev–Trinajstić information content (AvgIpc) is 3.08. The summed E-state index contributed by atoms with van der Waals surface area (Å²) in [6, 6.07) is 13.8. The van der Waals surface area contributed by atoms with Gasteiger partial charge in [-0.25, -0.2) is 4.98 Å². The second-order valence-electron chi connectivity index (χ2n) is 5.06. The Kier molecular flexibility index (Phi) is 5.22. The average molecular weight is 358 g/mol. The van der Waals surface area contributed by atoms with Crippen molar-refractivity contribution in [2.45, 2.75) is 5.03 Å². The lowest BCUT2D eigenvalue weighted by Gasteiger charge is -2.23. The van der Waals surface area contributed by atoms with Crippen molar-refractivity contribution in [2.75, 3.05) is 24.3 Å². The third-order valence-electron chi connectivity index (χ3n) is 3.61. The fourth-order valence-electron chi connectivity index (χ4n) is 2.41. The molecule has 0 atom stereocenters. The number of nitrogens with zero attached hydrogens (tertiary/aromatic N) is 3. The van der Waals surface area contributed by atoms with Gasteiger partial charge in [0.25, 0.3) is 0 Å². The molecule has 0 aliphatic rings. The smallest absolute Gasteiger partial charge is 0.170 e. The first-order valence-corrected chi connectivity index (χ1v) is 8.84. The predicted octanol–water partition coefficient (Wildman–Crippen LogP) is 3.19. The Labute approximate surface area is 150 Å². The molecule has 7 heteroatoms. The number of benzene rings is 1. The van der Waals surface area contributed by atoms with E-state index in [9.17, 15) is 0 Å². The first kappa shape index (κ1) is 16.6. The second-order valence-corrected chi connectivity index (χ2v) is 6.59. The summed E-state index contributed by atoms with van der Waals surface area (Å²) >= 11 is 6.95. The molecule has 0 unspecified atom stereocenters. The zero-order chi connectivity index (χ0) is 16.9. The Bertz CT molecular complexity index is 832.